The first-order chi connectivity index (χ1) is 6.11. The van der Waals surface area contributed by atoms with Crippen LogP contribution in [-0.2, 0) is 4.79 Å². The maximum absolute atomic E-state index is 11.1. The molecule has 0 aromatic heterocycles. The van der Waals surface area contributed by atoms with Gasteiger partial charge in [0.25, 0.3) is 5.91 Å². The summed E-state index contributed by atoms with van der Waals surface area (Å²) in [6.45, 7) is 1.85. The number of anilines is 1. The molecule has 2 rings (SSSR count). The largest absolute Gasteiger partial charge is 0.378 e. The molecule has 13 heavy (non-hydrogen) atoms. The van der Waals surface area contributed by atoms with Gasteiger partial charge in [-0.15, -0.1) is 0 Å². The molecule has 1 atom stereocenters. The molecule has 3 nitrogen and oxygen atoms in total. The number of halogens is 1. The van der Waals surface area contributed by atoms with Gasteiger partial charge in [-0.05, 0) is 12.5 Å². The van der Waals surface area contributed by atoms with Crippen LogP contribution in [0.15, 0.2) is 12.1 Å². The van der Waals surface area contributed by atoms with E-state index in [1.54, 1.807) is 12.1 Å². The van der Waals surface area contributed by atoms with Gasteiger partial charge in [-0.25, -0.2) is 0 Å². The monoisotopic (exact) mass is 197 g/mol. The first-order valence-electron chi connectivity index (χ1n) is 3.89. The zero-order chi connectivity index (χ0) is 9.59. The van der Waals surface area contributed by atoms with Crippen LogP contribution in [0.3, 0.4) is 0 Å². The van der Waals surface area contributed by atoms with Gasteiger partial charge in [-0.2, -0.15) is 0 Å². The molecule has 0 aliphatic carbocycles. The van der Waals surface area contributed by atoms with Crippen molar-refractivity contribution in [1.29, 1.82) is 0 Å². The maximum atomic E-state index is 11.1. The third kappa shape index (κ3) is 1.12. The summed E-state index contributed by atoms with van der Waals surface area (Å²) < 4.78 is 0. The van der Waals surface area contributed by atoms with E-state index >= 15 is 0 Å². The number of carbonyl (C=O) groups is 1. The zero-order valence-corrected chi connectivity index (χ0v) is 7.72. The molecule has 1 aliphatic rings. The van der Waals surface area contributed by atoms with Gasteiger partial charge in [0.05, 0.1) is 10.7 Å². The van der Waals surface area contributed by atoms with Gasteiger partial charge in [-0.3, -0.25) is 4.79 Å². The van der Waals surface area contributed by atoms with Crippen molar-refractivity contribution >= 4 is 23.2 Å². The molecule has 0 spiro atoms. The number of benzene rings is 1. The minimum atomic E-state index is -1.08. The molecule has 0 bridgehead atoms. The molecule has 1 unspecified atom stereocenters. The lowest BCUT2D eigenvalue weighted by Crippen LogP contribution is -2.10. The molecule has 0 fully saturated rings. The Hall–Kier alpha value is -1.06. The smallest absolute Gasteiger partial charge is 0.257 e. The Morgan fingerprint density at radius 3 is 2.92 bits per heavy atom. The average Bonchev–Trinajstić information content (AvgIpc) is 2.38. The van der Waals surface area contributed by atoms with Gasteiger partial charge in [-0.1, -0.05) is 23.7 Å². The number of fused-ring (bicyclic) bond motifs is 1. The van der Waals surface area contributed by atoms with Crippen molar-refractivity contribution in [2.45, 2.75) is 13.0 Å². The highest BCUT2D eigenvalue weighted by molar-refractivity contribution is 6.35. The number of aryl methyl sites for hydroxylation is 1. The van der Waals surface area contributed by atoms with Crippen molar-refractivity contribution in [3.8, 4) is 0 Å². The Morgan fingerprint density at radius 2 is 2.23 bits per heavy atom. The standard InChI is InChI=1S/C9H8ClNO2/c1-4-2-3-5-7(6(4)10)11-9(13)8(5)12/h2-3,8,12H,1H3,(H,11,13). The lowest BCUT2D eigenvalue weighted by molar-refractivity contribution is -0.123. The molecule has 1 aliphatic heterocycles. The van der Waals surface area contributed by atoms with Crippen molar-refractivity contribution in [2.24, 2.45) is 0 Å². The third-order valence-electron chi connectivity index (χ3n) is 2.16. The summed E-state index contributed by atoms with van der Waals surface area (Å²) in [5.74, 6) is -0.414. The fourth-order valence-electron chi connectivity index (χ4n) is 1.38. The van der Waals surface area contributed by atoms with Crippen molar-refractivity contribution in [1.82, 2.24) is 0 Å². The second-order valence-corrected chi connectivity index (χ2v) is 3.43. The summed E-state index contributed by atoms with van der Waals surface area (Å²) in [5.41, 5.74) is 1.98. The van der Waals surface area contributed by atoms with E-state index in [0.29, 0.717) is 16.3 Å². The highest BCUT2D eigenvalue weighted by Crippen LogP contribution is 2.37. The molecule has 68 valence electrons. The number of hydrogen-bond acceptors (Lipinski definition) is 2. The zero-order valence-electron chi connectivity index (χ0n) is 6.97. The predicted octanol–water partition coefficient (Wildman–Crippen LogP) is 1.63. The number of carbonyl (C=O) groups excluding carboxylic acids is 1. The van der Waals surface area contributed by atoms with Crippen LogP contribution in [-0.4, -0.2) is 11.0 Å². The second-order valence-electron chi connectivity index (χ2n) is 3.05. The highest BCUT2D eigenvalue weighted by Gasteiger charge is 2.30. The normalized spacial score (nSPS) is 19.9. The topological polar surface area (TPSA) is 49.3 Å². The Balaban J connectivity index is 2.64. The van der Waals surface area contributed by atoms with Gasteiger partial charge in [0.15, 0.2) is 6.10 Å². The van der Waals surface area contributed by atoms with Crippen LogP contribution in [0.25, 0.3) is 0 Å². The highest BCUT2D eigenvalue weighted by atomic mass is 35.5. The van der Waals surface area contributed by atoms with E-state index in [4.69, 9.17) is 11.6 Å². The Labute approximate surface area is 80.3 Å². The van der Waals surface area contributed by atoms with Crippen LogP contribution >= 0.6 is 11.6 Å². The van der Waals surface area contributed by atoms with Crippen molar-refractivity contribution < 1.29 is 9.90 Å². The molecular formula is C9H8ClNO2. The third-order valence-corrected chi connectivity index (χ3v) is 2.65. The van der Waals surface area contributed by atoms with Gasteiger partial charge < -0.3 is 10.4 Å². The molecule has 0 saturated carbocycles. The van der Waals surface area contributed by atoms with E-state index in [-0.39, 0.29) is 0 Å². The fourth-order valence-corrected chi connectivity index (χ4v) is 1.60. The lowest BCUT2D eigenvalue weighted by Gasteiger charge is -2.04. The summed E-state index contributed by atoms with van der Waals surface area (Å²) in [6, 6.07) is 3.49. The summed E-state index contributed by atoms with van der Waals surface area (Å²) in [7, 11) is 0. The van der Waals surface area contributed by atoms with E-state index in [0.717, 1.165) is 5.56 Å². The molecule has 1 aromatic rings. The van der Waals surface area contributed by atoms with Crippen LogP contribution in [0, 0.1) is 6.92 Å². The van der Waals surface area contributed by atoms with Gasteiger partial charge in [0.1, 0.15) is 0 Å². The number of aliphatic hydroxyl groups excluding tert-OH is 1. The number of hydrogen-bond donors (Lipinski definition) is 2. The molecule has 4 heteroatoms. The Bertz CT molecular complexity index is 389. The van der Waals surface area contributed by atoms with E-state index in [2.05, 4.69) is 5.32 Å². The van der Waals surface area contributed by atoms with Crippen molar-refractivity contribution in [2.75, 3.05) is 5.32 Å². The van der Waals surface area contributed by atoms with Crippen LogP contribution in [0.1, 0.15) is 17.2 Å². The fraction of sp³-hybridized carbons (Fsp3) is 0.222. The SMILES string of the molecule is Cc1ccc2c(c1Cl)NC(=O)C2O. The summed E-state index contributed by atoms with van der Waals surface area (Å²) in [6.07, 6.45) is -1.08. The molecule has 0 radical (unpaired) electrons. The van der Waals surface area contributed by atoms with E-state index < -0.39 is 12.0 Å². The van der Waals surface area contributed by atoms with Crippen molar-refractivity contribution in [3.63, 3.8) is 0 Å². The van der Waals surface area contributed by atoms with E-state index in [1.165, 1.54) is 0 Å². The number of nitrogens with one attached hydrogen (secondary N) is 1. The summed E-state index contributed by atoms with van der Waals surface area (Å²) in [4.78, 5) is 11.1. The first-order valence-corrected chi connectivity index (χ1v) is 4.27. The van der Waals surface area contributed by atoms with Crippen LogP contribution in [0.5, 0.6) is 0 Å². The molecular weight excluding hydrogens is 190 g/mol. The van der Waals surface area contributed by atoms with Crippen LogP contribution in [0.4, 0.5) is 5.69 Å². The predicted molar refractivity (Wildman–Crippen MR) is 49.8 cm³/mol. The number of rotatable bonds is 0. The molecule has 1 heterocycles. The molecule has 2 N–H and O–H groups in total. The summed E-state index contributed by atoms with van der Waals surface area (Å²) in [5, 5.41) is 12.4. The number of amides is 1. The Morgan fingerprint density at radius 1 is 1.54 bits per heavy atom. The van der Waals surface area contributed by atoms with Gasteiger partial charge in [0, 0.05) is 5.56 Å². The molecule has 0 saturated heterocycles. The number of aliphatic hydroxyl groups is 1. The van der Waals surface area contributed by atoms with Crippen molar-refractivity contribution in [3.05, 3.63) is 28.3 Å². The minimum Gasteiger partial charge on any atom is -0.378 e. The summed E-state index contributed by atoms with van der Waals surface area (Å²) >= 11 is 5.94. The lowest BCUT2D eigenvalue weighted by atomic mass is 10.1. The average molecular weight is 198 g/mol. The Kier molecular flexibility index (Phi) is 1.78. The molecule has 1 amide bonds. The minimum absolute atomic E-state index is 0.414. The van der Waals surface area contributed by atoms with E-state index in [9.17, 15) is 9.90 Å². The van der Waals surface area contributed by atoms with Gasteiger partial charge >= 0.3 is 0 Å². The van der Waals surface area contributed by atoms with Gasteiger partial charge in [0.2, 0.25) is 0 Å². The van der Waals surface area contributed by atoms with E-state index in [1.807, 2.05) is 6.92 Å². The molecule has 1 aromatic carbocycles. The second kappa shape index (κ2) is 2.72. The first kappa shape index (κ1) is 8.53. The van der Waals surface area contributed by atoms with Crippen LogP contribution < -0.4 is 5.32 Å². The quantitative estimate of drug-likeness (QED) is 0.664. The maximum Gasteiger partial charge on any atom is 0.257 e. The van der Waals surface area contributed by atoms with Crippen LogP contribution in [0.2, 0.25) is 5.02 Å².